The normalized spacial score (nSPS) is 21.4. The van der Waals surface area contributed by atoms with Crippen molar-refractivity contribution in [3.8, 4) is 0 Å². The van der Waals surface area contributed by atoms with Crippen molar-refractivity contribution in [1.29, 1.82) is 0 Å². The maximum absolute atomic E-state index is 12.6. The van der Waals surface area contributed by atoms with Gasteiger partial charge in [-0.1, -0.05) is 37.3 Å². The van der Waals surface area contributed by atoms with Gasteiger partial charge in [0.1, 0.15) is 6.61 Å². The largest absolute Gasteiger partial charge is 0.462 e. The van der Waals surface area contributed by atoms with Crippen molar-refractivity contribution < 1.29 is 14.3 Å². The Labute approximate surface area is 217 Å². The van der Waals surface area contributed by atoms with Crippen LogP contribution < -0.4 is 10.6 Å². The Kier molecular flexibility index (Phi) is 7.36. The van der Waals surface area contributed by atoms with Gasteiger partial charge in [0, 0.05) is 19.6 Å². The van der Waals surface area contributed by atoms with E-state index >= 15 is 0 Å². The average Bonchev–Trinajstić information content (AvgIpc) is 3.18. The van der Waals surface area contributed by atoms with Gasteiger partial charge in [-0.25, -0.2) is 9.78 Å². The van der Waals surface area contributed by atoms with E-state index in [0.717, 1.165) is 41.7 Å². The highest BCUT2D eigenvalue weighted by Gasteiger charge is 2.35. The van der Waals surface area contributed by atoms with E-state index in [1.54, 1.807) is 4.90 Å². The molecule has 2 aliphatic rings. The first-order valence-electron chi connectivity index (χ1n) is 12.5. The third-order valence-corrected chi connectivity index (χ3v) is 7.25. The van der Waals surface area contributed by atoms with Crippen molar-refractivity contribution in [2.45, 2.75) is 58.5 Å². The van der Waals surface area contributed by atoms with E-state index in [4.69, 9.17) is 21.3 Å². The number of H-pyrrole nitrogens is 1. The number of halogens is 1. The number of nitrogens with one attached hydrogen (secondary N) is 3. The van der Waals surface area contributed by atoms with Crippen molar-refractivity contribution in [3.63, 3.8) is 0 Å². The highest BCUT2D eigenvalue weighted by molar-refractivity contribution is 6.22. The molecule has 0 radical (unpaired) electrons. The molecule has 2 amide bonds. The lowest BCUT2D eigenvalue weighted by atomic mass is 9.85. The number of nitrogens with zero attached hydrogens (tertiary/aromatic N) is 2. The highest BCUT2D eigenvalue weighted by Crippen LogP contribution is 2.32. The average molecular weight is 514 g/mol. The third-order valence-electron chi connectivity index (χ3n) is 6.73. The van der Waals surface area contributed by atoms with Crippen molar-refractivity contribution in [2.24, 2.45) is 11.3 Å². The summed E-state index contributed by atoms with van der Waals surface area (Å²) >= 11 is 6.56. The van der Waals surface area contributed by atoms with Crippen molar-refractivity contribution in [1.82, 2.24) is 20.2 Å². The van der Waals surface area contributed by atoms with Gasteiger partial charge in [-0.05, 0) is 57.2 Å². The Morgan fingerprint density at radius 1 is 1.25 bits per heavy atom. The lowest BCUT2D eigenvalue weighted by Crippen LogP contribution is -2.47. The van der Waals surface area contributed by atoms with Crippen LogP contribution in [0.4, 0.5) is 10.7 Å². The van der Waals surface area contributed by atoms with Gasteiger partial charge in [-0.3, -0.25) is 4.79 Å². The molecule has 3 atom stereocenters. The second kappa shape index (κ2) is 10.2. The summed E-state index contributed by atoms with van der Waals surface area (Å²) in [4.78, 5) is 34.8. The van der Waals surface area contributed by atoms with Crippen LogP contribution in [0.15, 0.2) is 42.0 Å². The molecule has 8 nitrogen and oxygen atoms in total. The number of para-hydroxylation sites is 1. The molecular weight excluding hydrogens is 478 g/mol. The van der Waals surface area contributed by atoms with Crippen LogP contribution in [-0.2, 0) is 16.1 Å². The van der Waals surface area contributed by atoms with Crippen molar-refractivity contribution in [2.75, 3.05) is 25.0 Å². The Bertz CT molecular complexity index is 1190. The Hall–Kier alpha value is -3.00. The maximum atomic E-state index is 12.6. The molecule has 194 valence electrons. The number of fused-ring (bicyclic) bond motifs is 1. The number of carbonyl (C=O) groups excluding carboxylic acids is 2. The highest BCUT2D eigenvalue weighted by atomic mass is 35.5. The summed E-state index contributed by atoms with van der Waals surface area (Å²) in [6.07, 6.45) is 7.15. The van der Waals surface area contributed by atoms with E-state index < -0.39 is 11.0 Å². The number of hydrogen-bond donors (Lipinski definition) is 3. The summed E-state index contributed by atoms with van der Waals surface area (Å²) in [5, 5.41) is 6.28. The first-order chi connectivity index (χ1) is 17.0. The Morgan fingerprint density at radius 3 is 2.64 bits per heavy atom. The van der Waals surface area contributed by atoms with Gasteiger partial charge in [-0.2, -0.15) is 0 Å². The number of carbonyl (C=O) groups is 2. The molecule has 4 rings (SSSR count). The zero-order valence-electron chi connectivity index (χ0n) is 21.7. The SMILES string of the molecule is CC1C=CC(C(C)(COC(=O)C(C)(C)C)Nc2nc3c(CNC(=O)N4CCC4)cccc3[nH]2)=CC1Cl. The standard InChI is InChI=1S/C27H36ClN5O3/c1-17-10-11-19(14-20(17)28)27(5,16-36-23(34)26(2,3)4)32-24-30-21-9-6-8-18(22(21)31-24)15-29-25(35)33-12-7-13-33/h6,8-11,14,17,20H,7,12-13,15-16H2,1-5H3,(H,29,35)(H2,30,31,32). The summed E-state index contributed by atoms with van der Waals surface area (Å²) in [6, 6.07) is 5.79. The second-order valence-electron chi connectivity index (χ2n) is 11.0. The van der Waals surface area contributed by atoms with Crippen LogP contribution in [0.2, 0.25) is 0 Å². The van der Waals surface area contributed by atoms with Gasteiger partial charge in [0.2, 0.25) is 5.95 Å². The van der Waals surface area contributed by atoms with E-state index in [1.807, 2.05) is 58.0 Å². The van der Waals surface area contributed by atoms with Crippen LogP contribution in [0.25, 0.3) is 11.0 Å². The summed E-state index contributed by atoms with van der Waals surface area (Å²) in [7, 11) is 0. The summed E-state index contributed by atoms with van der Waals surface area (Å²) in [5.74, 6) is 0.466. The minimum atomic E-state index is -0.773. The summed E-state index contributed by atoms with van der Waals surface area (Å²) < 4.78 is 5.75. The number of ether oxygens (including phenoxy) is 1. The lowest BCUT2D eigenvalue weighted by molar-refractivity contribution is -0.153. The van der Waals surface area contributed by atoms with Gasteiger partial charge in [0.05, 0.1) is 27.4 Å². The first kappa shape index (κ1) is 26.1. The minimum absolute atomic E-state index is 0.0544. The van der Waals surface area contributed by atoms with Crippen LogP contribution in [0.1, 0.15) is 46.6 Å². The van der Waals surface area contributed by atoms with Gasteiger partial charge < -0.3 is 25.3 Å². The molecule has 0 bridgehead atoms. The number of alkyl halides is 1. The molecule has 1 aliphatic carbocycles. The molecule has 0 spiro atoms. The van der Waals surface area contributed by atoms with E-state index in [0.29, 0.717) is 12.5 Å². The fourth-order valence-electron chi connectivity index (χ4n) is 4.08. The molecular formula is C27H36ClN5O3. The van der Waals surface area contributed by atoms with Crippen LogP contribution >= 0.6 is 11.6 Å². The smallest absolute Gasteiger partial charge is 0.317 e. The Balaban J connectivity index is 1.58. The van der Waals surface area contributed by atoms with Crippen molar-refractivity contribution >= 4 is 40.6 Å². The molecule has 2 aromatic rings. The number of rotatable bonds is 7. The quantitative estimate of drug-likeness (QED) is 0.358. The number of likely N-dealkylation sites (tertiary alicyclic amines) is 1. The van der Waals surface area contributed by atoms with Crippen LogP contribution in [0, 0.1) is 11.3 Å². The molecule has 0 saturated carbocycles. The van der Waals surface area contributed by atoms with E-state index in [2.05, 4.69) is 28.6 Å². The molecule has 3 unspecified atom stereocenters. The summed E-state index contributed by atoms with van der Waals surface area (Å²) in [6.45, 7) is 11.6. The predicted octanol–water partition coefficient (Wildman–Crippen LogP) is 4.98. The lowest BCUT2D eigenvalue weighted by Gasteiger charge is -2.35. The first-order valence-corrected chi connectivity index (χ1v) is 12.9. The topological polar surface area (TPSA) is 99.3 Å². The minimum Gasteiger partial charge on any atom is -0.462 e. The molecule has 1 saturated heterocycles. The number of urea groups is 1. The molecule has 1 aromatic carbocycles. The fourth-order valence-corrected chi connectivity index (χ4v) is 4.30. The van der Waals surface area contributed by atoms with Crippen LogP contribution in [0.3, 0.4) is 0 Å². The number of hydrogen-bond acceptors (Lipinski definition) is 5. The second-order valence-corrected chi connectivity index (χ2v) is 11.5. The van der Waals surface area contributed by atoms with Crippen LogP contribution in [-0.4, -0.2) is 57.5 Å². The molecule has 1 fully saturated rings. The zero-order chi connectivity index (χ0) is 26.1. The third kappa shape index (κ3) is 5.69. The van der Waals surface area contributed by atoms with Gasteiger partial charge >= 0.3 is 12.0 Å². The number of benzene rings is 1. The van der Waals surface area contributed by atoms with Gasteiger partial charge in [0.15, 0.2) is 0 Å². The monoisotopic (exact) mass is 513 g/mol. The number of aromatic nitrogens is 2. The number of imidazole rings is 1. The zero-order valence-corrected chi connectivity index (χ0v) is 22.4. The molecule has 1 aromatic heterocycles. The molecule has 9 heteroatoms. The van der Waals surface area contributed by atoms with Gasteiger partial charge in [-0.15, -0.1) is 11.6 Å². The number of esters is 1. The van der Waals surface area contributed by atoms with E-state index in [9.17, 15) is 9.59 Å². The van der Waals surface area contributed by atoms with E-state index in [1.165, 1.54) is 0 Å². The number of aromatic amines is 1. The molecule has 36 heavy (non-hydrogen) atoms. The van der Waals surface area contributed by atoms with Crippen molar-refractivity contribution in [3.05, 3.63) is 47.6 Å². The number of allylic oxidation sites excluding steroid dienone is 2. The molecule has 2 heterocycles. The molecule has 3 N–H and O–H groups in total. The Morgan fingerprint density at radius 2 is 2.00 bits per heavy atom. The van der Waals surface area contributed by atoms with Crippen LogP contribution in [0.5, 0.6) is 0 Å². The fraction of sp³-hybridized carbons (Fsp3) is 0.519. The van der Waals surface area contributed by atoms with E-state index in [-0.39, 0.29) is 29.9 Å². The number of anilines is 1. The predicted molar refractivity (Wildman–Crippen MR) is 143 cm³/mol. The maximum Gasteiger partial charge on any atom is 0.317 e. The van der Waals surface area contributed by atoms with Gasteiger partial charge in [0.25, 0.3) is 0 Å². The number of amides is 2. The molecule has 1 aliphatic heterocycles. The summed E-state index contributed by atoms with van der Waals surface area (Å²) in [5.41, 5.74) is 2.07.